The van der Waals surface area contributed by atoms with Crippen molar-refractivity contribution in [2.24, 2.45) is 0 Å². The van der Waals surface area contributed by atoms with Gasteiger partial charge in [0.1, 0.15) is 11.6 Å². The number of aromatic nitrogens is 2. The summed E-state index contributed by atoms with van der Waals surface area (Å²) in [5.74, 6) is 2.29. The Kier molecular flexibility index (Phi) is 2.62. The van der Waals surface area contributed by atoms with Crippen LogP contribution in [0.25, 0.3) is 0 Å². The van der Waals surface area contributed by atoms with Crippen molar-refractivity contribution in [3.8, 4) is 0 Å². The normalized spacial score (nSPS) is 27.6. The van der Waals surface area contributed by atoms with E-state index in [1.165, 1.54) is 32.2 Å². The second-order valence-corrected chi connectivity index (χ2v) is 6.04. The van der Waals surface area contributed by atoms with E-state index in [0.29, 0.717) is 12.0 Å². The summed E-state index contributed by atoms with van der Waals surface area (Å²) in [5, 5.41) is 0. The molecule has 1 atom stereocenters. The molecule has 1 aliphatic carbocycles. The molecule has 0 bridgehead atoms. The Hall–Kier alpha value is -1.36. The van der Waals surface area contributed by atoms with Crippen molar-refractivity contribution in [1.29, 1.82) is 0 Å². The maximum absolute atomic E-state index is 11.8. The van der Waals surface area contributed by atoms with E-state index in [0.717, 1.165) is 31.3 Å². The van der Waals surface area contributed by atoms with Crippen molar-refractivity contribution in [2.75, 3.05) is 31.1 Å². The van der Waals surface area contributed by atoms with Crippen LogP contribution in [0.2, 0.25) is 0 Å². The number of aromatic amines is 1. The summed E-state index contributed by atoms with van der Waals surface area (Å²) in [4.78, 5) is 24.2. The molecule has 2 aliphatic heterocycles. The van der Waals surface area contributed by atoms with Crippen molar-refractivity contribution in [1.82, 2.24) is 14.9 Å². The zero-order chi connectivity index (χ0) is 12.8. The van der Waals surface area contributed by atoms with Gasteiger partial charge in [0, 0.05) is 37.7 Å². The van der Waals surface area contributed by atoms with Gasteiger partial charge in [-0.2, -0.15) is 0 Å². The van der Waals surface area contributed by atoms with Crippen LogP contribution in [-0.4, -0.2) is 47.1 Å². The van der Waals surface area contributed by atoms with Gasteiger partial charge in [-0.3, -0.25) is 9.69 Å². The fraction of sp³-hybridized carbons (Fsp3) is 0.714. The highest BCUT2D eigenvalue weighted by molar-refractivity contribution is 5.39. The first-order valence-electron chi connectivity index (χ1n) is 7.40. The third-order valence-corrected chi connectivity index (χ3v) is 4.62. The van der Waals surface area contributed by atoms with E-state index in [2.05, 4.69) is 19.8 Å². The molecular weight excluding hydrogens is 240 g/mol. The second kappa shape index (κ2) is 4.34. The van der Waals surface area contributed by atoms with Crippen molar-refractivity contribution < 1.29 is 0 Å². The van der Waals surface area contributed by atoms with Crippen molar-refractivity contribution in [2.45, 2.75) is 37.6 Å². The van der Waals surface area contributed by atoms with Crippen LogP contribution in [0.1, 0.15) is 37.4 Å². The molecule has 3 aliphatic rings. The van der Waals surface area contributed by atoms with E-state index < -0.39 is 0 Å². The number of rotatable bonds is 2. The SMILES string of the molecule is O=c1cc(N2CCN3CCCC3C2)nc(C2CC2)[nH]1. The molecule has 1 saturated carbocycles. The first-order valence-corrected chi connectivity index (χ1v) is 7.40. The Morgan fingerprint density at radius 3 is 2.95 bits per heavy atom. The third-order valence-electron chi connectivity index (χ3n) is 4.62. The van der Waals surface area contributed by atoms with Crippen molar-refractivity contribution in [3.05, 3.63) is 22.2 Å². The number of nitrogens with zero attached hydrogens (tertiary/aromatic N) is 3. The zero-order valence-electron chi connectivity index (χ0n) is 11.1. The molecule has 4 rings (SSSR count). The summed E-state index contributed by atoms with van der Waals surface area (Å²) in [6.07, 6.45) is 4.94. The van der Waals surface area contributed by atoms with Crippen LogP contribution in [0.5, 0.6) is 0 Å². The molecule has 3 fully saturated rings. The highest BCUT2D eigenvalue weighted by Crippen LogP contribution is 2.38. The maximum atomic E-state index is 11.8. The molecule has 19 heavy (non-hydrogen) atoms. The molecule has 0 radical (unpaired) electrons. The van der Waals surface area contributed by atoms with Gasteiger partial charge in [-0.1, -0.05) is 0 Å². The quantitative estimate of drug-likeness (QED) is 0.859. The lowest BCUT2D eigenvalue weighted by Crippen LogP contribution is -2.50. The minimum atomic E-state index is 0.000696. The van der Waals surface area contributed by atoms with E-state index in [1.54, 1.807) is 6.07 Å². The Bertz CT molecular complexity index is 536. The molecule has 0 spiro atoms. The summed E-state index contributed by atoms with van der Waals surface area (Å²) in [6.45, 7) is 4.38. The number of H-pyrrole nitrogens is 1. The van der Waals surface area contributed by atoms with Crippen LogP contribution in [0.3, 0.4) is 0 Å². The van der Waals surface area contributed by atoms with Gasteiger partial charge >= 0.3 is 0 Å². The fourth-order valence-corrected chi connectivity index (χ4v) is 3.37. The van der Waals surface area contributed by atoms with E-state index in [9.17, 15) is 4.79 Å². The molecule has 102 valence electrons. The van der Waals surface area contributed by atoms with E-state index in [-0.39, 0.29) is 5.56 Å². The molecule has 1 aromatic rings. The molecule has 1 unspecified atom stereocenters. The van der Waals surface area contributed by atoms with Gasteiger partial charge in [-0.05, 0) is 32.2 Å². The Morgan fingerprint density at radius 1 is 1.21 bits per heavy atom. The summed E-state index contributed by atoms with van der Waals surface area (Å²) < 4.78 is 0. The Balaban J connectivity index is 1.59. The Labute approximate surface area is 112 Å². The summed E-state index contributed by atoms with van der Waals surface area (Å²) >= 11 is 0. The van der Waals surface area contributed by atoms with Gasteiger partial charge in [0.05, 0.1) is 0 Å². The molecule has 0 aromatic carbocycles. The minimum Gasteiger partial charge on any atom is -0.354 e. The zero-order valence-corrected chi connectivity index (χ0v) is 11.1. The first kappa shape index (κ1) is 11.5. The lowest BCUT2D eigenvalue weighted by atomic mass is 10.1. The van der Waals surface area contributed by atoms with Gasteiger partial charge in [0.2, 0.25) is 0 Å². The van der Waals surface area contributed by atoms with Crippen LogP contribution in [0.15, 0.2) is 10.9 Å². The van der Waals surface area contributed by atoms with Crippen LogP contribution in [-0.2, 0) is 0 Å². The highest BCUT2D eigenvalue weighted by Gasteiger charge is 2.32. The van der Waals surface area contributed by atoms with Crippen molar-refractivity contribution in [3.63, 3.8) is 0 Å². The number of hydrogen-bond acceptors (Lipinski definition) is 4. The average Bonchev–Trinajstić information content (AvgIpc) is 3.16. The second-order valence-electron chi connectivity index (χ2n) is 6.04. The van der Waals surface area contributed by atoms with Gasteiger partial charge in [0.25, 0.3) is 5.56 Å². The van der Waals surface area contributed by atoms with E-state index >= 15 is 0 Å². The first-order chi connectivity index (χ1) is 9.29. The van der Waals surface area contributed by atoms with Gasteiger partial charge in [-0.15, -0.1) is 0 Å². The van der Waals surface area contributed by atoms with Crippen molar-refractivity contribution >= 4 is 5.82 Å². The number of fused-ring (bicyclic) bond motifs is 1. The monoisotopic (exact) mass is 260 g/mol. The third kappa shape index (κ3) is 2.16. The average molecular weight is 260 g/mol. The molecular formula is C14H20N4O. The van der Waals surface area contributed by atoms with Crippen LogP contribution >= 0.6 is 0 Å². The number of anilines is 1. The van der Waals surface area contributed by atoms with Gasteiger partial charge < -0.3 is 9.88 Å². The molecule has 2 saturated heterocycles. The predicted octanol–water partition coefficient (Wildman–Crippen LogP) is 0.932. The fourth-order valence-electron chi connectivity index (χ4n) is 3.37. The van der Waals surface area contributed by atoms with E-state index in [1.807, 2.05) is 0 Å². The summed E-state index contributed by atoms with van der Waals surface area (Å²) in [7, 11) is 0. The van der Waals surface area contributed by atoms with Gasteiger partial charge in [-0.25, -0.2) is 4.98 Å². The lowest BCUT2D eigenvalue weighted by Gasteiger charge is -2.38. The lowest BCUT2D eigenvalue weighted by molar-refractivity contribution is 0.230. The number of nitrogens with one attached hydrogen (secondary N) is 1. The molecule has 5 heteroatoms. The number of hydrogen-bond donors (Lipinski definition) is 1. The maximum Gasteiger partial charge on any atom is 0.252 e. The topological polar surface area (TPSA) is 52.2 Å². The largest absolute Gasteiger partial charge is 0.354 e. The van der Waals surface area contributed by atoms with Crippen LogP contribution in [0, 0.1) is 0 Å². The van der Waals surface area contributed by atoms with Crippen LogP contribution in [0.4, 0.5) is 5.82 Å². The molecule has 3 heterocycles. The molecule has 1 N–H and O–H groups in total. The van der Waals surface area contributed by atoms with Crippen LogP contribution < -0.4 is 10.5 Å². The Morgan fingerprint density at radius 2 is 2.11 bits per heavy atom. The smallest absolute Gasteiger partial charge is 0.252 e. The predicted molar refractivity (Wildman–Crippen MR) is 73.6 cm³/mol. The summed E-state index contributed by atoms with van der Waals surface area (Å²) in [6, 6.07) is 2.33. The minimum absolute atomic E-state index is 0.000696. The number of piperazine rings is 1. The molecule has 0 amide bonds. The van der Waals surface area contributed by atoms with E-state index in [4.69, 9.17) is 0 Å². The standard InChI is InChI=1S/C14H20N4O/c19-13-8-12(15-14(16-13)10-3-4-10)18-7-6-17-5-1-2-11(17)9-18/h8,10-11H,1-7,9H2,(H,15,16,19). The molecule has 5 nitrogen and oxygen atoms in total. The summed E-state index contributed by atoms with van der Waals surface area (Å²) in [5.41, 5.74) is 0.000696. The molecule has 1 aromatic heterocycles. The highest BCUT2D eigenvalue weighted by atomic mass is 16.1. The van der Waals surface area contributed by atoms with Gasteiger partial charge in [0.15, 0.2) is 0 Å².